The normalized spacial score (nSPS) is 17.4. The first kappa shape index (κ1) is 13.0. The van der Waals surface area contributed by atoms with Crippen molar-refractivity contribution in [3.63, 3.8) is 0 Å². The van der Waals surface area contributed by atoms with Crippen LogP contribution >= 0.6 is 0 Å². The van der Waals surface area contributed by atoms with Crippen molar-refractivity contribution >= 4 is 11.9 Å². The van der Waals surface area contributed by atoms with Gasteiger partial charge in [0.05, 0.1) is 0 Å². The molecule has 0 bridgehead atoms. The molecule has 0 aromatic heterocycles. The molecular weight excluding hydrogens is 206 g/mol. The van der Waals surface area contributed by atoms with E-state index in [-0.39, 0.29) is 12.5 Å². The molecule has 0 aromatic carbocycles. The number of nitrogens with zero attached hydrogens (tertiary/aromatic N) is 1. The second-order valence-electron chi connectivity index (χ2n) is 5.26. The van der Waals surface area contributed by atoms with E-state index in [0.717, 1.165) is 12.8 Å². The molecule has 1 aliphatic rings. The van der Waals surface area contributed by atoms with E-state index in [4.69, 9.17) is 5.11 Å². The number of hydrogen-bond acceptors (Lipinski definition) is 2. The van der Waals surface area contributed by atoms with Gasteiger partial charge in [-0.05, 0) is 18.8 Å². The van der Waals surface area contributed by atoms with Gasteiger partial charge in [0.15, 0.2) is 0 Å². The molecule has 1 rings (SSSR count). The topological polar surface area (TPSA) is 57.6 Å². The van der Waals surface area contributed by atoms with E-state index in [1.54, 1.807) is 7.05 Å². The number of carboxylic acids is 1. The van der Waals surface area contributed by atoms with Crippen LogP contribution in [-0.2, 0) is 9.59 Å². The number of likely N-dealkylation sites (N-methyl/N-ethyl adjacent to an activating group) is 1. The Balaban J connectivity index is 2.66. The molecule has 16 heavy (non-hydrogen) atoms. The van der Waals surface area contributed by atoms with Crippen molar-refractivity contribution in [1.29, 1.82) is 0 Å². The van der Waals surface area contributed by atoms with Gasteiger partial charge in [0.1, 0.15) is 6.54 Å². The Labute approximate surface area is 96.6 Å². The molecule has 0 spiro atoms. The van der Waals surface area contributed by atoms with Crippen molar-refractivity contribution in [3.8, 4) is 0 Å². The van der Waals surface area contributed by atoms with Crippen LogP contribution in [0.1, 0.15) is 39.5 Å². The third-order valence-electron chi connectivity index (χ3n) is 3.65. The largest absolute Gasteiger partial charge is 0.480 e. The van der Waals surface area contributed by atoms with Crippen LogP contribution in [0.15, 0.2) is 0 Å². The molecule has 92 valence electrons. The second kappa shape index (κ2) is 4.85. The predicted octanol–water partition coefficient (Wildman–Crippen LogP) is 1.75. The minimum atomic E-state index is -0.960. The van der Waals surface area contributed by atoms with Gasteiger partial charge in [-0.1, -0.05) is 26.7 Å². The van der Waals surface area contributed by atoms with Crippen molar-refractivity contribution in [3.05, 3.63) is 0 Å². The Kier molecular flexibility index (Phi) is 3.94. The molecule has 4 nitrogen and oxygen atoms in total. The van der Waals surface area contributed by atoms with E-state index in [0.29, 0.717) is 5.92 Å². The Bertz CT molecular complexity index is 280. The number of rotatable bonds is 4. The fourth-order valence-corrected chi connectivity index (χ4v) is 2.59. The van der Waals surface area contributed by atoms with Crippen molar-refractivity contribution in [2.75, 3.05) is 13.6 Å². The van der Waals surface area contributed by atoms with Crippen molar-refractivity contribution in [2.24, 2.45) is 11.3 Å². The maximum atomic E-state index is 12.1. The number of carbonyl (C=O) groups excluding carboxylic acids is 1. The molecule has 0 radical (unpaired) electrons. The van der Waals surface area contributed by atoms with Gasteiger partial charge in [-0.3, -0.25) is 9.59 Å². The Morgan fingerprint density at radius 2 is 1.81 bits per heavy atom. The number of hydrogen-bond donors (Lipinski definition) is 1. The molecule has 0 atom stereocenters. The fraction of sp³-hybridized carbons (Fsp3) is 0.833. The summed E-state index contributed by atoms with van der Waals surface area (Å²) in [5, 5.41) is 8.67. The maximum absolute atomic E-state index is 12.1. The summed E-state index contributed by atoms with van der Waals surface area (Å²) >= 11 is 0. The summed E-state index contributed by atoms with van der Waals surface area (Å²) in [4.78, 5) is 24.0. The molecule has 1 fully saturated rings. The van der Waals surface area contributed by atoms with Crippen LogP contribution in [-0.4, -0.2) is 35.5 Å². The van der Waals surface area contributed by atoms with Crippen LogP contribution < -0.4 is 0 Å². The highest BCUT2D eigenvalue weighted by Gasteiger charge is 2.39. The zero-order chi connectivity index (χ0) is 12.3. The third kappa shape index (κ3) is 2.74. The minimum absolute atomic E-state index is 0.0539. The zero-order valence-electron chi connectivity index (χ0n) is 10.3. The average Bonchev–Trinajstić information content (AvgIpc) is 2.68. The fourth-order valence-electron chi connectivity index (χ4n) is 2.59. The van der Waals surface area contributed by atoms with E-state index in [2.05, 4.69) is 0 Å². The Morgan fingerprint density at radius 1 is 1.31 bits per heavy atom. The quantitative estimate of drug-likeness (QED) is 0.796. The van der Waals surface area contributed by atoms with Crippen LogP contribution in [0, 0.1) is 11.3 Å². The lowest BCUT2D eigenvalue weighted by molar-refractivity contribution is -0.149. The van der Waals surface area contributed by atoms with Crippen molar-refractivity contribution in [1.82, 2.24) is 4.90 Å². The summed E-state index contributed by atoms with van der Waals surface area (Å²) in [5.74, 6) is -0.615. The van der Waals surface area contributed by atoms with Gasteiger partial charge in [0.2, 0.25) is 5.91 Å². The lowest BCUT2D eigenvalue weighted by atomic mass is 9.76. The predicted molar refractivity (Wildman–Crippen MR) is 61.0 cm³/mol. The van der Waals surface area contributed by atoms with E-state index < -0.39 is 11.4 Å². The molecule has 1 N–H and O–H groups in total. The number of carbonyl (C=O) groups is 2. The van der Waals surface area contributed by atoms with Crippen LogP contribution in [0.4, 0.5) is 0 Å². The molecular formula is C12H21NO3. The molecule has 1 aliphatic carbocycles. The van der Waals surface area contributed by atoms with Crippen LogP contribution in [0.25, 0.3) is 0 Å². The van der Waals surface area contributed by atoms with Crippen LogP contribution in [0.3, 0.4) is 0 Å². The van der Waals surface area contributed by atoms with E-state index >= 15 is 0 Å². The molecule has 0 aromatic rings. The van der Waals surface area contributed by atoms with Crippen LogP contribution in [0.2, 0.25) is 0 Å². The van der Waals surface area contributed by atoms with Gasteiger partial charge in [-0.25, -0.2) is 0 Å². The molecule has 0 saturated heterocycles. The van der Waals surface area contributed by atoms with E-state index in [1.807, 2.05) is 13.8 Å². The standard InChI is InChI=1S/C12H21NO3/c1-12(2,9-6-4-5-7-9)11(16)13(3)8-10(14)15/h9H,4-8H2,1-3H3,(H,14,15). The highest BCUT2D eigenvalue weighted by molar-refractivity contribution is 5.85. The lowest BCUT2D eigenvalue weighted by Crippen LogP contribution is -2.44. The summed E-state index contributed by atoms with van der Waals surface area (Å²) in [6.45, 7) is 3.66. The average molecular weight is 227 g/mol. The monoisotopic (exact) mass is 227 g/mol. The number of aliphatic carboxylic acids is 1. The molecule has 1 saturated carbocycles. The first-order chi connectivity index (χ1) is 7.35. The first-order valence-corrected chi connectivity index (χ1v) is 5.83. The summed E-state index contributed by atoms with van der Waals surface area (Å²) < 4.78 is 0. The maximum Gasteiger partial charge on any atom is 0.323 e. The molecule has 0 heterocycles. The number of amides is 1. The summed E-state index contributed by atoms with van der Waals surface area (Å²) in [7, 11) is 1.56. The van der Waals surface area contributed by atoms with Gasteiger partial charge in [0, 0.05) is 12.5 Å². The Hall–Kier alpha value is -1.06. The summed E-state index contributed by atoms with van der Waals surface area (Å²) in [6, 6.07) is 0. The van der Waals surface area contributed by atoms with E-state index in [1.165, 1.54) is 17.7 Å². The molecule has 4 heteroatoms. The zero-order valence-corrected chi connectivity index (χ0v) is 10.3. The summed E-state index contributed by atoms with van der Waals surface area (Å²) in [6.07, 6.45) is 4.54. The summed E-state index contributed by atoms with van der Waals surface area (Å²) in [5.41, 5.74) is -0.430. The number of carboxylic acid groups (broad SMARTS) is 1. The van der Waals surface area contributed by atoms with E-state index in [9.17, 15) is 9.59 Å². The van der Waals surface area contributed by atoms with Crippen LogP contribution in [0.5, 0.6) is 0 Å². The van der Waals surface area contributed by atoms with Crippen molar-refractivity contribution < 1.29 is 14.7 Å². The Morgan fingerprint density at radius 3 is 2.25 bits per heavy atom. The highest BCUT2D eigenvalue weighted by atomic mass is 16.4. The van der Waals surface area contributed by atoms with Gasteiger partial charge < -0.3 is 10.0 Å². The smallest absolute Gasteiger partial charge is 0.323 e. The minimum Gasteiger partial charge on any atom is -0.480 e. The first-order valence-electron chi connectivity index (χ1n) is 5.83. The molecule has 0 aliphatic heterocycles. The van der Waals surface area contributed by atoms with Gasteiger partial charge in [0.25, 0.3) is 0 Å². The van der Waals surface area contributed by atoms with Crippen molar-refractivity contribution in [2.45, 2.75) is 39.5 Å². The van der Waals surface area contributed by atoms with Gasteiger partial charge >= 0.3 is 5.97 Å². The highest BCUT2D eigenvalue weighted by Crippen LogP contribution is 2.40. The molecule has 1 amide bonds. The SMILES string of the molecule is CN(CC(=O)O)C(=O)C(C)(C)C1CCCC1. The van der Waals surface area contributed by atoms with Gasteiger partial charge in [-0.2, -0.15) is 0 Å². The third-order valence-corrected chi connectivity index (χ3v) is 3.65. The lowest BCUT2D eigenvalue weighted by Gasteiger charge is -2.33. The second-order valence-corrected chi connectivity index (χ2v) is 5.26. The molecule has 0 unspecified atom stereocenters. The van der Waals surface area contributed by atoms with Gasteiger partial charge in [-0.15, -0.1) is 0 Å².